The summed E-state index contributed by atoms with van der Waals surface area (Å²) < 4.78 is 11.7. The van der Waals surface area contributed by atoms with Crippen molar-refractivity contribution in [2.24, 2.45) is 5.41 Å². The summed E-state index contributed by atoms with van der Waals surface area (Å²) in [4.78, 5) is 2.58. The Hall–Kier alpha value is -0.160. The average Bonchev–Trinajstić information content (AvgIpc) is 2.38. The lowest BCUT2D eigenvalue weighted by molar-refractivity contribution is -0.0930. The van der Waals surface area contributed by atoms with Crippen molar-refractivity contribution in [3.8, 4) is 0 Å². The van der Waals surface area contributed by atoms with E-state index in [0.29, 0.717) is 17.6 Å². The summed E-state index contributed by atoms with van der Waals surface area (Å²) in [6.07, 6.45) is 4.38. The summed E-state index contributed by atoms with van der Waals surface area (Å²) in [5, 5.41) is 3.62. The molecule has 0 aromatic rings. The highest BCUT2D eigenvalue weighted by Crippen LogP contribution is 2.30. The highest BCUT2D eigenvalue weighted by Gasteiger charge is 2.36. The third-order valence-corrected chi connectivity index (χ3v) is 4.39. The van der Waals surface area contributed by atoms with Crippen molar-refractivity contribution in [2.45, 2.75) is 52.2 Å². The highest BCUT2D eigenvalue weighted by molar-refractivity contribution is 4.89. The standard InChI is InChI=1S/C16H32N2O2/c1-4-7-17-11-16(6-5-8-19-13-16)12-18-9-14(2)20-15(3)10-18/h14-15,17H,4-13H2,1-3H3. The molecular weight excluding hydrogens is 252 g/mol. The van der Waals surface area contributed by atoms with E-state index in [2.05, 4.69) is 31.0 Å². The van der Waals surface area contributed by atoms with Crippen LogP contribution in [0.4, 0.5) is 0 Å². The van der Waals surface area contributed by atoms with Gasteiger partial charge in [-0.2, -0.15) is 0 Å². The van der Waals surface area contributed by atoms with Gasteiger partial charge in [-0.05, 0) is 39.7 Å². The Morgan fingerprint density at radius 3 is 2.60 bits per heavy atom. The Morgan fingerprint density at radius 1 is 1.25 bits per heavy atom. The van der Waals surface area contributed by atoms with E-state index < -0.39 is 0 Å². The summed E-state index contributed by atoms with van der Waals surface area (Å²) in [6, 6.07) is 0. The molecule has 0 aromatic carbocycles. The first-order valence-electron chi connectivity index (χ1n) is 8.30. The van der Waals surface area contributed by atoms with E-state index in [9.17, 15) is 0 Å². The van der Waals surface area contributed by atoms with Crippen LogP contribution in [-0.2, 0) is 9.47 Å². The molecule has 0 aromatic heterocycles. The van der Waals surface area contributed by atoms with Gasteiger partial charge in [0, 0.05) is 38.2 Å². The summed E-state index contributed by atoms with van der Waals surface area (Å²) in [5.74, 6) is 0. The van der Waals surface area contributed by atoms with Crippen LogP contribution < -0.4 is 5.32 Å². The van der Waals surface area contributed by atoms with E-state index >= 15 is 0 Å². The van der Waals surface area contributed by atoms with Gasteiger partial charge in [-0.15, -0.1) is 0 Å². The first kappa shape index (κ1) is 16.2. The Bertz CT molecular complexity index is 270. The molecule has 0 bridgehead atoms. The molecule has 0 saturated carbocycles. The zero-order chi connectivity index (χ0) is 14.4. The molecule has 4 nitrogen and oxygen atoms in total. The van der Waals surface area contributed by atoms with Crippen LogP contribution in [-0.4, -0.2) is 63.0 Å². The molecule has 2 fully saturated rings. The molecule has 0 aliphatic carbocycles. The average molecular weight is 284 g/mol. The van der Waals surface area contributed by atoms with Gasteiger partial charge < -0.3 is 14.8 Å². The van der Waals surface area contributed by atoms with Crippen LogP contribution in [0, 0.1) is 5.41 Å². The van der Waals surface area contributed by atoms with Crippen molar-refractivity contribution in [3.05, 3.63) is 0 Å². The quantitative estimate of drug-likeness (QED) is 0.755. The Labute approximate surface area is 124 Å². The first-order chi connectivity index (χ1) is 9.63. The van der Waals surface area contributed by atoms with Gasteiger partial charge in [0.25, 0.3) is 0 Å². The van der Waals surface area contributed by atoms with Crippen molar-refractivity contribution < 1.29 is 9.47 Å². The van der Waals surface area contributed by atoms with Crippen molar-refractivity contribution in [2.75, 3.05) is 45.9 Å². The predicted octanol–water partition coefficient (Wildman–Crippen LogP) is 1.89. The van der Waals surface area contributed by atoms with Gasteiger partial charge in [0.1, 0.15) is 0 Å². The Kier molecular flexibility index (Phi) is 6.27. The number of nitrogens with one attached hydrogen (secondary N) is 1. The summed E-state index contributed by atoms with van der Waals surface area (Å²) in [7, 11) is 0. The Morgan fingerprint density at radius 2 is 2.00 bits per heavy atom. The summed E-state index contributed by atoms with van der Waals surface area (Å²) >= 11 is 0. The molecular formula is C16H32N2O2. The molecule has 0 amide bonds. The third-order valence-electron chi connectivity index (χ3n) is 4.39. The maximum atomic E-state index is 5.85. The summed E-state index contributed by atoms with van der Waals surface area (Å²) in [5.41, 5.74) is 0.296. The maximum absolute atomic E-state index is 5.85. The fraction of sp³-hybridized carbons (Fsp3) is 1.00. The molecule has 1 N–H and O–H groups in total. The van der Waals surface area contributed by atoms with Gasteiger partial charge in [0.2, 0.25) is 0 Å². The fourth-order valence-corrected chi connectivity index (χ4v) is 3.65. The zero-order valence-corrected chi connectivity index (χ0v) is 13.5. The normalized spacial score (nSPS) is 36.1. The lowest BCUT2D eigenvalue weighted by Crippen LogP contribution is -2.54. The minimum atomic E-state index is 0.296. The number of rotatable bonds is 6. The van der Waals surface area contributed by atoms with Gasteiger partial charge in [0.15, 0.2) is 0 Å². The molecule has 3 atom stereocenters. The second kappa shape index (κ2) is 7.74. The molecule has 4 heteroatoms. The zero-order valence-electron chi connectivity index (χ0n) is 13.5. The van der Waals surface area contributed by atoms with E-state index in [4.69, 9.17) is 9.47 Å². The van der Waals surface area contributed by atoms with Crippen molar-refractivity contribution in [1.82, 2.24) is 10.2 Å². The number of hydrogen-bond acceptors (Lipinski definition) is 4. The van der Waals surface area contributed by atoms with Crippen molar-refractivity contribution in [1.29, 1.82) is 0 Å². The fourth-order valence-electron chi connectivity index (χ4n) is 3.65. The second-order valence-electron chi connectivity index (χ2n) is 6.78. The molecule has 118 valence electrons. The molecule has 2 saturated heterocycles. The minimum absolute atomic E-state index is 0.296. The van der Waals surface area contributed by atoms with E-state index in [-0.39, 0.29) is 0 Å². The van der Waals surface area contributed by atoms with Crippen molar-refractivity contribution in [3.63, 3.8) is 0 Å². The molecule has 0 radical (unpaired) electrons. The maximum Gasteiger partial charge on any atom is 0.0678 e. The largest absolute Gasteiger partial charge is 0.381 e. The second-order valence-corrected chi connectivity index (χ2v) is 6.78. The van der Waals surface area contributed by atoms with Crippen LogP contribution in [0.25, 0.3) is 0 Å². The molecule has 2 aliphatic heterocycles. The lowest BCUT2D eigenvalue weighted by Gasteiger charge is -2.44. The van der Waals surface area contributed by atoms with E-state index in [1.54, 1.807) is 0 Å². The van der Waals surface area contributed by atoms with E-state index in [1.165, 1.54) is 19.3 Å². The van der Waals surface area contributed by atoms with Gasteiger partial charge in [-0.3, -0.25) is 4.90 Å². The lowest BCUT2D eigenvalue weighted by atomic mass is 9.81. The van der Waals surface area contributed by atoms with E-state index in [1.807, 2.05) is 0 Å². The van der Waals surface area contributed by atoms with Crippen LogP contribution in [0.3, 0.4) is 0 Å². The highest BCUT2D eigenvalue weighted by atomic mass is 16.5. The molecule has 3 unspecified atom stereocenters. The van der Waals surface area contributed by atoms with Gasteiger partial charge in [-0.25, -0.2) is 0 Å². The first-order valence-corrected chi connectivity index (χ1v) is 8.30. The van der Waals surface area contributed by atoms with E-state index in [0.717, 1.165) is 45.9 Å². The Balaban J connectivity index is 1.92. The molecule has 2 rings (SSSR count). The molecule has 2 aliphatic rings. The molecule has 2 heterocycles. The van der Waals surface area contributed by atoms with Gasteiger partial charge in [-0.1, -0.05) is 6.92 Å². The van der Waals surface area contributed by atoms with Crippen LogP contribution in [0.2, 0.25) is 0 Å². The third kappa shape index (κ3) is 4.69. The predicted molar refractivity (Wildman–Crippen MR) is 82.1 cm³/mol. The topological polar surface area (TPSA) is 33.7 Å². The van der Waals surface area contributed by atoms with Crippen LogP contribution in [0.5, 0.6) is 0 Å². The van der Waals surface area contributed by atoms with Gasteiger partial charge >= 0.3 is 0 Å². The van der Waals surface area contributed by atoms with Crippen LogP contribution in [0.15, 0.2) is 0 Å². The smallest absolute Gasteiger partial charge is 0.0678 e. The number of ether oxygens (including phenoxy) is 2. The van der Waals surface area contributed by atoms with Crippen LogP contribution >= 0.6 is 0 Å². The monoisotopic (exact) mass is 284 g/mol. The van der Waals surface area contributed by atoms with Crippen LogP contribution in [0.1, 0.15) is 40.0 Å². The molecule has 20 heavy (non-hydrogen) atoms. The van der Waals surface area contributed by atoms with Crippen molar-refractivity contribution >= 4 is 0 Å². The number of morpholine rings is 1. The SMILES string of the molecule is CCCNCC1(CN2CC(C)OC(C)C2)CCCOC1. The number of nitrogens with zero attached hydrogens (tertiary/aromatic N) is 1. The number of hydrogen-bond donors (Lipinski definition) is 1. The van der Waals surface area contributed by atoms with Gasteiger partial charge in [0.05, 0.1) is 18.8 Å². The minimum Gasteiger partial charge on any atom is -0.381 e. The summed E-state index contributed by atoms with van der Waals surface area (Å²) in [6.45, 7) is 13.9. The molecule has 0 spiro atoms.